The molecule has 5 nitrogen and oxygen atoms in total. The first kappa shape index (κ1) is 12.6. The van der Waals surface area contributed by atoms with Gasteiger partial charge in [0.2, 0.25) is 0 Å². The standard InChI is InChI=1S/C11H18N2O3/c1-15-9-5-7(14)6-10(16-2)11(9)8(13)3-4-12/h5-6,8,14H,3-4,12-13H2,1-2H3/t8-/m1/s1. The van der Waals surface area contributed by atoms with Crippen molar-refractivity contribution in [2.75, 3.05) is 20.8 Å². The number of methoxy groups -OCH3 is 2. The molecule has 0 saturated carbocycles. The van der Waals surface area contributed by atoms with Gasteiger partial charge in [0.1, 0.15) is 17.2 Å². The Bertz CT molecular complexity index is 330. The van der Waals surface area contributed by atoms with Crippen molar-refractivity contribution in [3.63, 3.8) is 0 Å². The lowest BCUT2D eigenvalue weighted by molar-refractivity contribution is 0.369. The number of benzene rings is 1. The lowest BCUT2D eigenvalue weighted by Crippen LogP contribution is -2.17. The summed E-state index contributed by atoms with van der Waals surface area (Å²) in [5.41, 5.74) is 12.2. The van der Waals surface area contributed by atoms with E-state index in [2.05, 4.69) is 0 Å². The Hall–Kier alpha value is -1.46. The second-order valence-corrected chi connectivity index (χ2v) is 3.45. The minimum absolute atomic E-state index is 0.0809. The predicted octanol–water partition coefficient (Wildman–Crippen LogP) is 0.758. The van der Waals surface area contributed by atoms with E-state index in [0.717, 1.165) is 5.56 Å². The summed E-state index contributed by atoms with van der Waals surface area (Å²) < 4.78 is 10.4. The van der Waals surface area contributed by atoms with Crippen LogP contribution < -0.4 is 20.9 Å². The highest BCUT2D eigenvalue weighted by atomic mass is 16.5. The van der Waals surface area contributed by atoms with Gasteiger partial charge < -0.3 is 26.0 Å². The van der Waals surface area contributed by atoms with Crippen LogP contribution in [0.5, 0.6) is 17.2 Å². The van der Waals surface area contributed by atoms with E-state index in [1.165, 1.54) is 26.4 Å². The zero-order valence-electron chi connectivity index (χ0n) is 9.56. The van der Waals surface area contributed by atoms with Crippen LogP contribution in [0.15, 0.2) is 12.1 Å². The molecule has 1 rings (SSSR count). The largest absolute Gasteiger partial charge is 0.508 e. The third-order valence-electron chi connectivity index (χ3n) is 2.38. The molecule has 5 heteroatoms. The van der Waals surface area contributed by atoms with Crippen molar-refractivity contribution in [3.8, 4) is 17.2 Å². The van der Waals surface area contributed by atoms with Crippen LogP contribution in [-0.2, 0) is 0 Å². The fourth-order valence-corrected chi connectivity index (χ4v) is 1.61. The number of hydrogen-bond donors (Lipinski definition) is 3. The molecule has 0 radical (unpaired) electrons. The van der Waals surface area contributed by atoms with Gasteiger partial charge in [-0.3, -0.25) is 0 Å². The first-order chi connectivity index (χ1) is 7.63. The molecule has 0 unspecified atom stereocenters. The zero-order valence-corrected chi connectivity index (χ0v) is 9.56. The molecular weight excluding hydrogens is 208 g/mol. The maximum Gasteiger partial charge on any atom is 0.131 e. The van der Waals surface area contributed by atoms with Gasteiger partial charge in [0, 0.05) is 18.2 Å². The van der Waals surface area contributed by atoms with Crippen LogP contribution in [0.1, 0.15) is 18.0 Å². The highest BCUT2D eigenvalue weighted by molar-refractivity contribution is 5.51. The Morgan fingerprint density at radius 3 is 2.12 bits per heavy atom. The van der Waals surface area contributed by atoms with E-state index in [4.69, 9.17) is 20.9 Å². The number of nitrogens with two attached hydrogens (primary N) is 2. The van der Waals surface area contributed by atoms with E-state index >= 15 is 0 Å². The van der Waals surface area contributed by atoms with Gasteiger partial charge in [0.25, 0.3) is 0 Å². The van der Waals surface area contributed by atoms with Crippen molar-refractivity contribution >= 4 is 0 Å². The number of hydrogen-bond acceptors (Lipinski definition) is 5. The number of aromatic hydroxyl groups is 1. The molecule has 0 aliphatic rings. The van der Waals surface area contributed by atoms with Gasteiger partial charge in [0.15, 0.2) is 0 Å². The average Bonchev–Trinajstić information content (AvgIpc) is 2.27. The Labute approximate surface area is 95.0 Å². The topological polar surface area (TPSA) is 90.7 Å². The van der Waals surface area contributed by atoms with Crippen molar-refractivity contribution < 1.29 is 14.6 Å². The van der Waals surface area contributed by atoms with Crippen molar-refractivity contribution in [1.29, 1.82) is 0 Å². The average molecular weight is 226 g/mol. The fourth-order valence-electron chi connectivity index (χ4n) is 1.61. The Balaban J connectivity index is 3.21. The summed E-state index contributed by atoms with van der Waals surface area (Å²) in [5, 5.41) is 9.47. The van der Waals surface area contributed by atoms with Gasteiger partial charge in [-0.05, 0) is 13.0 Å². The molecule has 1 atom stereocenters. The molecule has 0 aliphatic heterocycles. The van der Waals surface area contributed by atoms with Crippen LogP contribution in [0, 0.1) is 0 Å². The van der Waals surface area contributed by atoms with Crippen LogP contribution in [0.4, 0.5) is 0 Å². The normalized spacial score (nSPS) is 12.2. The quantitative estimate of drug-likeness (QED) is 0.689. The van der Waals surface area contributed by atoms with Gasteiger partial charge in [-0.2, -0.15) is 0 Å². The third kappa shape index (κ3) is 2.56. The summed E-state index contributed by atoms with van der Waals surface area (Å²) >= 11 is 0. The summed E-state index contributed by atoms with van der Waals surface area (Å²) in [6.45, 7) is 0.481. The van der Waals surface area contributed by atoms with Gasteiger partial charge in [-0.25, -0.2) is 0 Å². The second-order valence-electron chi connectivity index (χ2n) is 3.45. The summed E-state index contributed by atoms with van der Waals surface area (Å²) in [6, 6.07) is 2.75. The molecule has 0 fully saturated rings. The maximum absolute atomic E-state index is 9.47. The molecule has 1 aromatic rings. The molecule has 1 aromatic carbocycles. The Morgan fingerprint density at radius 1 is 1.25 bits per heavy atom. The molecule has 0 saturated heterocycles. The molecule has 0 spiro atoms. The number of phenolic OH excluding ortho intramolecular Hbond substituents is 1. The maximum atomic E-state index is 9.47. The smallest absolute Gasteiger partial charge is 0.131 e. The van der Waals surface area contributed by atoms with Crippen molar-refractivity contribution in [2.45, 2.75) is 12.5 Å². The predicted molar refractivity (Wildman–Crippen MR) is 61.8 cm³/mol. The summed E-state index contributed by atoms with van der Waals surface area (Å²) in [5.74, 6) is 1.10. The van der Waals surface area contributed by atoms with Crippen LogP contribution in [0.25, 0.3) is 0 Å². The number of ether oxygens (including phenoxy) is 2. The first-order valence-corrected chi connectivity index (χ1v) is 5.04. The lowest BCUT2D eigenvalue weighted by atomic mass is 10.0. The lowest BCUT2D eigenvalue weighted by Gasteiger charge is -2.18. The monoisotopic (exact) mass is 226 g/mol. The molecule has 0 aromatic heterocycles. The van der Waals surface area contributed by atoms with E-state index in [9.17, 15) is 5.11 Å². The molecule has 5 N–H and O–H groups in total. The summed E-state index contributed by atoms with van der Waals surface area (Å²) in [4.78, 5) is 0. The van der Waals surface area contributed by atoms with E-state index in [1.807, 2.05) is 0 Å². The van der Waals surface area contributed by atoms with Crippen molar-refractivity contribution in [3.05, 3.63) is 17.7 Å². The summed E-state index contributed by atoms with van der Waals surface area (Å²) in [6.07, 6.45) is 0.623. The molecule has 16 heavy (non-hydrogen) atoms. The van der Waals surface area contributed by atoms with Gasteiger partial charge in [-0.15, -0.1) is 0 Å². The van der Waals surface area contributed by atoms with Gasteiger partial charge in [-0.1, -0.05) is 0 Å². The minimum Gasteiger partial charge on any atom is -0.508 e. The third-order valence-corrected chi connectivity index (χ3v) is 2.38. The minimum atomic E-state index is -0.268. The highest BCUT2D eigenvalue weighted by Crippen LogP contribution is 2.37. The van der Waals surface area contributed by atoms with Crippen LogP contribution in [0.3, 0.4) is 0 Å². The SMILES string of the molecule is COc1cc(O)cc(OC)c1[C@H](N)CCN. The van der Waals surface area contributed by atoms with E-state index in [1.54, 1.807) is 0 Å². The first-order valence-electron chi connectivity index (χ1n) is 5.04. The number of phenols is 1. The van der Waals surface area contributed by atoms with Crippen LogP contribution in [0.2, 0.25) is 0 Å². The zero-order chi connectivity index (χ0) is 12.1. The molecule has 0 amide bonds. The van der Waals surface area contributed by atoms with Crippen molar-refractivity contribution in [2.24, 2.45) is 11.5 Å². The fraction of sp³-hybridized carbons (Fsp3) is 0.455. The van der Waals surface area contributed by atoms with Crippen molar-refractivity contribution in [1.82, 2.24) is 0 Å². The Morgan fingerprint density at radius 2 is 1.75 bits per heavy atom. The molecular formula is C11H18N2O3. The van der Waals surface area contributed by atoms with Crippen LogP contribution in [-0.4, -0.2) is 25.9 Å². The van der Waals surface area contributed by atoms with E-state index in [-0.39, 0.29) is 11.8 Å². The van der Waals surface area contributed by atoms with E-state index < -0.39 is 0 Å². The molecule has 90 valence electrons. The van der Waals surface area contributed by atoms with Gasteiger partial charge in [0.05, 0.1) is 19.8 Å². The van der Waals surface area contributed by atoms with Crippen LogP contribution >= 0.6 is 0 Å². The van der Waals surface area contributed by atoms with Gasteiger partial charge >= 0.3 is 0 Å². The second kappa shape index (κ2) is 5.58. The molecule has 0 heterocycles. The molecule has 0 aliphatic carbocycles. The molecule has 0 bridgehead atoms. The summed E-state index contributed by atoms with van der Waals surface area (Å²) in [7, 11) is 3.04. The Kier molecular flexibility index (Phi) is 4.39. The highest BCUT2D eigenvalue weighted by Gasteiger charge is 2.18. The number of rotatable bonds is 5. The van der Waals surface area contributed by atoms with E-state index in [0.29, 0.717) is 24.5 Å².